The molecule has 4 nitrogen and oxygen atoms in total. The van der Waals surface area contributed by atoms with Crippen molar-refractivity contribution in [1.29, 1.82) is 0 Å². The van der Waals surface area contributed by atoms with Crippen LogP contribution in [-0.4, -0.2) is 23.9 Å². The van der Waals surface area contributed by atoms with Crippen molar-refractivity contribution in [3.05, 3.63) is 0 Å². The van der Waals surface area contributed by atoms with Crippen LogP contribution in [0.1, 0.15) is 13.8 Å². The minimum Gasteiger partial charge on any atom is -0.455 e. The van der Waals surface area contributed by atoms with Crippen molar-refractivity contribution >= 4 is 13.3 Å². The van der Waals surface area contributed by atoms with E-state index in [1.165, 1.54) is 0 Å². The molecule has 5 heteroatoms. The van der Waals surface area contributed by atoms with Gasteiger partial charge < -0.3 is 9.63 Å². The summed E-state index contributed by atoms with van der Waals surface area (Å²) in [5, 5.41) is 0. The normalized spacial score (nSPS) is 16.1. The molecule has 0 spiro atoms. The first-order chi connectivity index (χ1) is 4.83. The van der Waals surface area contributed by atoms with Gasteiger partial charge in [-0.3, -0.25) is 9.36 Å². The van der Waals surface area contributed by atoms with Gasteiger partial charge in [0, 0.05) is 6.66 Å². The molecule has 0 rings (SSSR count). The molecule has 0 amide bonds. The van der Waals surface area contributed by atoms with E-state index in [1.807, 2.05) is 0 Å². The summed E-state index contributed by atoms with van der Waals surface area (Å²) in [7, 11) is -3.20. The molecule has 0 aliphatic rings. The highest BCUT2D eigenvalue weighted by atomic mass is 31.2. The number of carbonyl (C=O) groups is 1. The molecular formula is C6H13O4P. The predicted molar refractivity (Wildman–Crippen MR) is 41.5 cm³/mol. The number of carbonyl (C=O) groups excluding carboxylic acids is 1. The molecule has 0 fully saturated rings. The van der Waals surface area contributed by atoms with Gasteiger partial charge in [0.1, 0.15) is 0 Å². The fourth-order valence-corrected chi connectivity index (χ4v) is 0.717. The van der Waals surface area contributed by atoms with Crippen LogP contribution < -0.4 is 0 Å². The van der Waals surface area contributed by atoms with Crippen LogP contribution in [0.5, 0.6) is 0 Å². The smallest absolute Gasteiger partial charge is 0.308 e. The van der Waals surface area contributed by atoms with Crippen molar-refractivity contribution < 1.29 is 19.0 Å². The fourth-order valence-electron chi connectivity index (χ4n) is 0.350. The zero-order valence-corrected chi connectivity index (χ0v) is 7.80. The molecule has 0 aromatic heterocycles. The molecule has 1 N–H and O–H groups in total. The Balaban J connectivity index is 3.73. The summed E-state index contributed by atoms with van der Waals surface area (Å²) in [6, 6.07) is 0. The van der Waals surface area contributed by atoms with Crippen molar-refractivity contribution in [2.75, 3.05) is 13.0 Å². The van der Waals surface area contributed by atoms with Gasteiger partial charge in [-0.15, -0.1) is 0 Å². The third-order valence-electron chi connectivity index (χ3n) is 0.918. The summed E-state index contributed by atoms with van der Waals surface area (Å²) in [5.41, 5.74) is 0. The summed E-state index contributed by atoms with van der Waals surface area (Å²) in [6.07, 6.45) is -0.385. The van der Waals surface area contributed by atoms with E-state index >= 15 is 0 Å². The standard InChI is InChI=1S/C6H13O4P/c1-5(2)6(7)10-4-11(3,8)9/h5H,4H2,1-3H3,(H,8,9). The summed E-state index contributed by atoms with van der Waals surface area (Å²) < 4.78 is 15.1. The van der Waals surface area contributed by atoms with E-state index < -0.39 is 13.3 Å². The molecule has 0 aromatic rings. The Morgan fingerprint density at radius 1 is 1.64 bits per heavy atom. The average molecular weight is 180 g/mol. The van der Waals surface area contributed by atoms with Crippen molar-refractivity contribution in [1.82, 2.24) is 0 Å². The zero-order valence-electron chi connectivity index (χ0n) is 6.90. The van der Waals surface area contributed by atoms with Gasteiger partial charge in [-0.1, -0.05) is 13.8 Å². The fraction of sp³-hybridized carbons (Fsp3) is 0.833. The lowest BCUT2D eigenvalue weighted by Crippen LogP contribution is -2.12. The first kappa shape index (κ1) is 10.7. The Morgan fingerprint density at radius 2 is 2.09 bits per heavy atom. The Kier molecular flexibility index (Phi) is 3.76. The summed E-state index contributed by atoms with van der Waals surface area (Å²) >= 11 is 0. The molecule has 0 bridgehead atoms. The van der Waals surface area contributed by atoms with E-state index in [9.17, 15) is 9.36 Å². The number of rotatable bonds is 3. The lowest BCUT2D eigenvalue weighted by molar-refractivity contribution is -0.145. The second-order valence-corrected chi connectivity index (χ2v) is 5.16. The van der Waals surface area contributed by atoms with Gasteiger partial charge in [0.05, 0.1) is 5.92 Å². The molecule has 0 saturated carbocycles. The highest BCUT2D eigenvalue weighted by Gasteiger charge is 2.15. The van der Waals surface area contributed by atoms with Crippen molar-refractivity contribution in [3.8, 4) is 0 Å². The Labute approximate surface area is 66.0 Å². The number of ether oxygens (including phenoxy) is 1. The molecule has 0 aromatic carbocycles. The molecule has 0 aliphatic heterocycles. The highest BCUT2D eigenvalue weighted by molar-refractivity contribution is 7.56. The van der Waals surface area contributed by atoms with Gasteiger partial charge in [0.15, 0.2) is 6.35 Å². The molecular weight excluding hydrogens is 167 g/mol. The third-order valence-corrected chi connectivity index (χ3v) is 1.53. The molecule has 1 unspecified atom stereocenters. The first-order valence-electron chi connectivity index (χ1n) is 3.29. The molecule has 0 heterocycles. The maximum Gasteiger partial charge on any atom is 0.308 e. The van der Waals surface area contributed by atoms with Gasteiger partial charge in [-0.05, 0) is 0 Å². The Morgan fingerprint density at radius 3 is 2.36 bits per heavy atom. The van der Waals surface area contributed by atoms with E-state index in [0.29, 0.717) is 0 Å². The predicted octanol–water partition coefficient (Wildman–Crippen LogP) is 1.04. The number of esters is 1. The second-order valence-electron chi connectivity index (χ2n) is 2.80. The SMILES string of the molecule is CC(C)C(=O)OCP(C)(=O)O. The molecule has 1 atom stereocenters. The monoisotopic (exact) mass is 180 g/mol. The van der Waals surface area contributed by atoms with E-state index in [0.717, 1.165) is 6.66 Å². The van der Waals surface area contributed by atoms with Crippen LogP contribution in [-0.2, 0) is 14.1 Å². The van der Waals surface area contributed by atoms with E-state index in [1.54, 1.807) is 13.8 Å². The minimum absolute atomic E-state index is 0.249. The van der Waals surface area contributed by atoms with E-state index in [4.69, 9.17) is 4.89 Å². The van der Waals surface area contributed by atoms with Crippen LogP contribution in [0.4, 0.5) is 0 Å². The number of hydrogen-bond acceptors (Lipinski definition) is 3. The van der Waals surface area contributed by atoms with Crippen molar-refractivity contribution in [2.45, 2.75) is 13.8 Å². The molecule has 66 valence electrons. The molecule has 0 saturated heterocycles. The van der Waals surface area contributed by atoms with Crippen LogP contribution >= 0.6 is 7.37 Å². The molecule has 0 aliphatic carbocycles. The van der Waals surface area contributed by atoms with Crippen LogP contribution in [0.2, 0.25) is 0 Å². The quantitative estimate of drug-likeness (QED) is 0.520. The lowest BCUT2D eigenvalue weighted by atomic mass is 10.2. The largest absolute Gasteiger partial charge is 0.455 e. The van der Waals surface area contributed by atoms with Crippen LogP contribution in [0, 0.1) is 5.92 Å². The summed E-state index contributed by atoms with van der Waals surface area (Å²) in [5.74, 6) is -0.692. The molecule has 0 radical (unpaired) electrons. The third kappa shape index (κ3) is 6.07. The lowest BCUT2D eigenvalue weighted by Gasteiger charge is -2.08. The van der Waals surface area contributed by atoms with E-state index in [2.05, 4.69) is 4.74 Å². The highest BCUT2D eigenvalue weighted by Crippen LogP contribution is 2.34. The second kappa shape index (κ2) is 3.88. The zero-order chi connectivity index (χ0) is 9.07. The first-order valence-corrected chi connectivity index (χ1v) is 5.58. The summed E-state index contributed by atoms with van der Waals surface area (Å²) in [6.45, 7) is 4.49. The van der Waals surface area contributed by atoms with Gasteiger partial charge in [-0.2, -0.15) is 0 Å². The molecule has 11 heavy (non-hydrogen) atoms. The van der Waals surface area contributed by atoms with Crippen LogP contribution in [0.15, 0.2) is 0 Å². The minimum atomic E-state index is -3.20. The topological polar surface area (TPSA) is 63.6 Å². The van der Waals surface area contributed by atoms with Crippen molar-refractivity contribution in [2.24, 2.45) is 5.92 Å². The van der Waals surface area contributed by atoms with Crippen LogP contribution in [0.25, 0.3) is 0 Å². The maximum atomic E-state index is 10.7. The summed E-state index contributed by atoms with van der Waals surface area (Å²) in [4.78, 5) is 19.5. The van der Waals surface area contributed by atoms with Gasteiger partial charge >= 0.3 is 5.97 Å². The Hall–Kier alpha value is -0.340. The van der Waals surface area contributed by atoms with Gasteiger partial charge in [0.25, 0.3) is 0 Å². The van der Waals surface area contributed by atoms with Gasteiger partial charge in [0.2, 0.25) is 7.37 Å². The van der Waals surface area contributed by atoms with E-state index in [-0.39, 0.29) is 12.3 Å². The average Bonchev–Trinajstić information content (AvgIpc) is 1.80. The van der Waals surface area contributed by atoms with Gasteiger partial charge in [-0.25, -0.2) is 0 Å². The number of hydrogen-bond donors (Lipinski definition) is 1. The maximum absolute atomic E-state index is 10.7. The van der Waals surface area contributed by atoms with Crippen LogP contribution in [0.3, 0.4) is 0 Å². The Bertz CT molecular complexity index is 181. The van der Waals surface area contributed by atoms with Crippen molar-refractivity contribution in [3.63, 3.8) is 0 Å².